The molecule has 1 aliphatic heterocycles. The molecule has 0 bridgehead atoms. The Morgan fingerprint density at radius 2 is 2.53 bits per heavy atom. The van der Waals surface area contributed by atoms with Gasteiger partial charge in [0, 0.05) is 24.8 Å². The first kappa shape index (κ1) is 10.5. The van der Waals surface area contributed by atoms with Crippen LogP contribution in [-0.2, 0) is 0 Å². The fourth-order valence-corrected chi connectivity index (χ4v) is 1.88. The molecule has 1 saturated heterocycles. The molecule has 1 unspecified atom stereocenters. The third-order valence-corrected chi connectivity index (χ3v) is 2.85. The maximum atomic E-state index is 4.29. The van der Waals surface area contributed by atoms with Crippen molar-refractivity contribution in [2.45, 2.75) is 38.8 Å². The van der Waals surface area contributed by atoms with E-state index in [1.54, 1.807) is 0 Å². The maximum Gasteiger partial charge on any atom is 0.0727 e. The monoisotopic (exact) mass is 208 g/mol. The minimum atomic E-state index is 0.435. The van der Waals surface area contributed by atoms with Crippen molar-refractivity contribution in [1.82, 2.24) is 15.1 Å². The number of hydrogen-bond acceptors (Lipinski definition) is 3. The highest BCUT2D eigenvalue weighted by molar-refractivity contribution is 5.38. The predicted octanol–water partition coefficient (Wildman–Crippen LogP) is 1.63. The first-order valence-electron chi connectivity index (χ1n) is 5.77. The van der Waals surface area contributed by atoms with Gasteiger partial charge in [-0.05, 0) is 33.2 Å². The molecule has 2 N–H and O–H groups in total. The molecule has 0 spiro atoms. The number of hydrogen-bond donors (Lipinski definition) is 2. The molecule has 15 heavy (non-hydrogen) atoms. The molecular weight excluding hydrogens is 188 g/mol. The standard InChI is InChI=1S/C11H20N4/c1-9(2)15-8-11(7-14-15)13-6-10-4-3-5-12-10/h7-10,12-13H,3-6H2,1-2H3. The van der Waals surface area contributed by atoms with Crippen molar-refractivity contribution in [3.8, 4) is 0 Å². The quantitative estimate of drug-likeness (QED) is 0.790. The van der Waals surface area contributed by atoms with E-state index >= 15 is 0 Å². The molecule has 1 atom stereocenters. The number of rotatable bonds is 4. The van der Waals surface area contributed by atoms with Gasteiger partial charge in [-0.1, -0.05) is 0 Å². The Labute approximate surface area is 91.1 Å². The van der Waals surface area contributed by atoms with Crippen LogP contribution in [0.4, 0.5) is 5.69 Å². The molecule has 0 saturated carbocycles. The van der Waals surface area contributed by atoms with Crippen molar-refractivity contribution in [2.75, 3.05) is 18.4 Å². The summed E-state index contributed by atoms with van der Waals surface area (Å²) in [5.41, 5.74) is 1.12. The van der Waals surface area contributed by atoms with E-state index in [1.807, 2.05) is 10.9 Å². The van der Waals surface area contributed by atoms with Crippen LogP contribution in [0.1, 0.15) is 32.7 Å². The van der Waals surface area contributed by atoms with E-state index in [-0.39, 0.29) is 0 Å². The minimum absolute atomic E-state index is 0.435. The molecule has 2 rings (SSSR count). The van der Waals surface area contributed by atoms with Crippen LogP contribution in [0.3, 0.4) is 0 Å². The van der Waals surface area contributed by atoms with Gasteiger partial charge in [-0.25, -0.2) is 0 Å². The van der Waals surface area contributed by atoms with Crippen molar-refractivity contribution < 1.29 is 0 Å². The topological polar surface area (TPSA) is 41.9 Å². The zero-order chi connectivity index (χ0) is 10.7. The van der Waals surface area contributed by atoms with Crippen LogP contribution in [-0.4, -0.2) is 28.9 Å². The van der Waals surface area contributed by atoms with Crippen molar-refractivity contribution in [3.05, 3.63) is 12.4 Å². The summed E-state index contributed by atoms with van der Waals surface area (Å²) in [6.45, 7) is 6.44. The summed E-state index contributed by atoms with van der Waals surface area (Å²) in [6.07, 6.45) is 6.55. The lowest BCUT2D eigenvalue weighted by Gasteiger charge is -2.10. The summed E-state index contributed by atoms with van der Waals surface area (Å²) in [4.78, 5) is 0. The molecular formula is C11H20N4. The van der Waals surface area contributed by atoms with Crippen LogP contribution in [0.2, 0.25) is 0 Å². The summed E-state index contributed by atoms with van der Waals surface area (Å²) in [6, 6.07) is 1.07. The summed E-state index contributed by atoms with van der Waals surface area (Å²) in [7, 11) is 0. The number of nitrogens with zero attached hydrogens (tertiary/aromatic N) is 2. The molecule has 0 radical (unpaired) electrons. The smallest absolute Gasteiger partial charge is 0.0727 e. The van der Waals surface area contributed by atoms with Gasteiger partial charge in [0.25, 0.3) is 0 Å². The third-order valence-electron chi connectivity index (χ3n) is 2.85. The zero-order valence-electron chi connectivity index (χ0n) is 9.53. The molecule has 4 nitrogen and oxygen atoms in total. The molecule has 0 aromatic carbocycles. The number of anilines is 1. The minimum Gasteiger partial charge on any atom is -0.381 e. The van der Waals surface area contributed by atoms with Crippen molar-refractivity contribution in [2.24, 2.45) is 0 Å². The Morgan fingerprint density at radius 3 is 3.13 bits per heavy atom. The molecule has 4 heteroatoms. The van der Waals surface area contributed by atoms with E-state index in [2.05, 4.69) is 35.8 Å². The van der Waals surface area contributed by atoms with Gasteiger partial charge < -0.3 is 10.6 Å². The summed E-state index contributed by atoms with van der Waals surface area (Å²) < 4.78 is 1.98. The largest absolute Gasteiger partial charge is 0.381 e. The highest BCUT2D eigenvalue weighted by Gasteiger charge is 2.13. The van der Waals surface area contributed by atoms with E-state index < -0.39 is 0 Å². The molecule has 84 valence electrons. The number of aromatic nitrogens is 2. The van der Waals surface area contributed by atoms with Crippen LogP contribution in [0, 0.1) is 0 Å². The van der Waals surface area contributed by atoms with Crippen LogP contribution in [0.25, 0.3) is 0 Å². The fourth-order valence-electron chi connectivity index (χ4n) is 1.88. The average Bonchev–Trinajstić information content (AvgIpc) is 2.86. The molecule has 1 fully saturated rings. The highest BCUT2D eigenvalue weighted by atomic mass is 15.3. The Balaban J connectivity index is 1.82. The van der Waals surface area contributed by atoms with Crippen LogP contribution in [0.15, 0.2) is 12.4 Å². The van der Waals surface area contributed by atoms with E-state index in [4.69, 9.17) is 0 Å². The Kier molecular flexibility index (Phi) is 3.26. The molecule has 1 aromatic rings. The van der Waals surface area contributed by atoms with Gasteiger partial charge in [-0.15, -0.1) is 0 Å². The van der Waals surface area contributed by atoms with Gasteiger partial charge in [0.2, 0.25) is 0 Å². The lowest BCUT2D eigenvalue weighted by molar-refractivity contribution is 0.532. The second-order valence-corrected chi connectivity index (χ2v) is 4.48. The van der Waals surface area contributed by atoms with Crippen molar-refractivity contribution in [1.29, 1.82) is 0 Å². The summed E-state index contributed by atoms with van der Waals surface area (Å²) in [5.74, 6) is 0. The van der Waals surface area contributed by atoms with Crippen molar-refractivity contribution >= 4 is 5.69 Å². The van der Waals surface area contributed by atoms with E-state index in [0.717, 1.165) is 18.8 Å². The van der Waals surface area contributed by atoms with Crippen LogP contribution in [0.5, 0.6) is 0 Å². The molecule has 2 heterocycles. The van der Waals surface area contributed by atoms with E-state index in [9.17, 15) is 0 Å². The number of nitrogens with one attached hydrogen (secondary N) is 2. The Hall–Kier alpha value is -1.03. The highest BCUT2D eigenvalue weighted by Crippen LogP contribution is 2.11. The molecule has 0 amide bonds. The first-order valence-corrected chi connectivity index (χ1v) is 5.77. The van der Waals surface area contributed by atoms with E-state index in [1.165, 1.54) is 12.8 Å². The van der Waals surface area contributed by atoms with Crippen molar-refractivity contribution in [3.63, 3.8) is 0 Å². The van der Waals surface area contributed by atoms with Gasteiger partial charge >= 0.3 is 0 Å². The van der Waals surface area contributed by atoms with Gasteiger partial charge in [0.05, 0.1) is 11.9 Å². The molecule has 1 aliphatic rings. The lowest BCUT2D eigenvalue weighted by atomic mass is 10.2. The van der Waals surface area contributed by atoms with E-state index in [0.29, 0.717) is 12.1 Å². The zero-order valence-corrected chi connectivity index (χ0v) is 9.53. The van der Waals surface area contributed by atoms with Gasteiger partial charge in [-0.2, -0.15) is 5.10 Å². The fraction of sp³-hybridized carbons (Fsp3) is 0.727. The normalized spacial score (nSPS) is 21.1. The average molecular weight is 208 g/mol. The lowest BCUT2D eigenvalue weighted by Crippen LogP contribution is -2.29. The molecule has 1 aromatic heterocycles. The second-order valence-electron chi connectivity index (χ2n) is 4.48. The van der Waals surface area contributed by atoms with Gasteiger partial charge in [-0.3, -0.25) is 4.68 Å². The van der Waals surface area contributed by atoms with Crippen LogP contribution >= 0.6 is 0 Å². The first-order chi connectivity index (χ1) is 7.25. The molecule has 0 aliphatic carbocycles. The Bertz CT molecular complexity index is 299. The summed E-state index contributed by atoms with van der Waals surface area (Å²) in [5, 5.41) is 11.2. The van der Waals surface area contributed by atoms with Crippen LogP contribution < -0.4 is 10.6 Å². The van der Waals surface area contributed by atoms with Gasteiger partial charge in [0.15, 0.2) is 0 Å². The third kappa shape index (κ3) is 2.72. The maximum absolute atomic E-state index is 4.29. The summed E-state index contributed by atoms with van der Waals surface area (Å²) >= 11 is 0. The Morgan fingerprint density at radius 1 is 1.67 bits per heavy atom. The predicted molar refractivity (Wildman–Crippen MR) is 62.1 cm³/mol. The second kappa shape index (κ2) is 4.66. The van der Waals surface area contributed by atoms with Gasteiger partial charge in [0.1, 0.15) is 0 Å². The SMILES string of the molecule is CC(C)n1cc(NCC2CCCN2)cn1.